The number of halogens is 2. The Morgan fingerprint density at radius 2 is 2.05 bits per heavy atom. The molecule has 1 heterocycles. The van der Waals surface area contributed by atoms with Crippen LogP contribution in [0, 0.1) is 5.82 Å². The Kier molecular flexibility index (Phi) is 5.31. The van der Waals surface area contributed by atoms with Crippen LogP contribution in [0.2, 0.25) is 0 Å². The first-order chi connectivity index (χ1) is 9.61. The van der Waals surface area contributed by atoms with E-state index in [2.05, 4.69) is 10.2 Å². The van der Waals surface area contributed by atoms with Crippen LogP contribution >= 0.6 is 0 Å². The van der Waals surface area contributed by atoms with Gasteiger partial charge in [0.1, 0.15) is 6.17 Å². The van der Waals surface area contributed by atoms with Gasteiger partial charge in [-0.25, -0.2) is 8.78 Å². The summed E-state index contributed by atoms with van der Waals surface area (Å²) in [5.41, 5.74) is 1.11. The number of hydrogen-bond acceptors (Lipinski definition) is 3. The second-order valence-corrected chi connectivity index (χ2v) is 5.15. The minimum Gasteiger partial charge on any atom is -0.493 e. The minimum atomic E-state index is -1.17. The average molecular weight is 284 g/mol. The lowest BCUT2D eigenvalue weighted by molar-refractivity contribution is 0.242. The molecule has 1 atom stereocenters. The Morgan fingerprint density at radius 3 is 2.65 bits per heavy atom. The van der Waals surface area contributed by atoms with Crippen molar-refractivity contribution in [3.63, 3.8) is 0 Å². The van der Waals surface area contributed by atoms with Crippen molar-refractivity contribution in [3.8, 4) is 5.75 Å². The third-order valence-electron chi connectivity index (χ3n) is 3.71. The number of alkyl halides is 1. The van der Waals surface area contributed by atoms with E-state index in [0.29, 0.717) is 12.0 Å². The summed E-state index contributed by atoms with van der Waals surface area (Å²) in [6, 6.07) is 2.94. The minimum absolute atomic E-state index is 0.240. The van der Waals surface area contributed by atoms with Gasteiger partial charge in [0.25, 0.3) is 0 Å². The van der Waals surface area contributed by atoms with Crippen LogP contribution in [0.1, 0.15) is 24.2 Å². The summed E-state index contributed by atoms with van der Waals surface area (Å²) in [4.78, 5) is 2.32. The molecule has 0 amide bonds. The van der Waals surface area contributed by atoms with Crippen LogP contribution in [-0.4, -0.2) is 44.7 Å². The highest BCUT2D eigenvalue weighted by Crippen LogP contribution is 2.29. The summed E-state index contributed by atoms with van der Waals surface area (Å²) in [5, 5.41) is 3.29. The Balaban J connectivity index is 2.11. The first-order valence-corrected chi connectivity index (χ1v) is 7.05. The van der Waals surface area contributed by atoms with Crippen LogP contribution < -0.4 is 10.1 Å². The van der Waals surface area contributed by atoms with E-state index >= 15 is 0 Å². The van der Waals surface area contributed by atoms with Gasteiger partial charge in [-0.05, 0) is 36.6 Å². The summed E-state index contributed by atoms with van der Waals surface area (Å²) in [5.74, 6) is -0.241. The zero-order valence-corrected chi connectivity index (χ0v) is 12.1. The van der Waals surface area contributed by atoms with Crippen LogP contribution in [0.15, 0.2) is 12.1 Å². The Bertz CT molecular complexity index is 446. The molecular weight excluding hydrogens is 262 g/mol. The van der Waals surface area contributed by atoms with Gasteiger partial charge < -0.3 is 15.0 Å². The molecule has 1 aromatic carbocycles. The number of benzene rings is 1. The molecule has 0 aliphatic carbocycles. The van der Waals surface area contributed by atoms with Crippen LogP contribution in [0.25, 0.3) is 0 Å². The fourth-order valence-corrected chi connectivity index (χ4v) is 2.53. The second-order valence-electron chi connectivity index (χ2n) is 5.15. The smallest absolute Gasteiger partial charge is 0.165 e. The molecule has 2 rings (SSSR count). The second kappa shape index (κ2) is 6.99. The Labute approximate surface area is 118 Å². The highest BCUT2D eigenvalue weighted by atomic mass is 19.1. The van der Waals surface area contributed by atoms with Gasteiger partial charge in [-0.15, -0.1) is 0 Å². The zero-order chi connectivity index (χ0) is 14.5. The van der Waals surface area contributed by atoms with Crippen LogP contribution in [0.5, 0.6) is 5.75 Å². The maximum atomic E-state index is 13.9. The van der Waals surface area contributed by atoms with E-state index in [1.54, 1.807) is 6.07 Å². The Hall–Kier alpha value is -1.20. The predicted octanol–water partition coefficient (Wildman–Crippen LogP) is 2.31. The molecule has 0 aromatic heterocycles. The first kappa shape index (κ1) is 15.2. The highest BCUT2D eigenvalue weighted by molar-refractivity contribution is 5.39. The molecular formula is C15H22F2N2O. The monoisotopic (exact) mass is 284 g/mol. The van der Waals surface area contributed by atoms with Crippen molar-refractivity contribution in [3.05, 3.63) is 29.1 Å². The number of piperazine rings is 1. The van der Waals surface area contributed by atoms with Gasteiger partial charge >= 0.3 is 0 Å². The van der Waals surface area contributed by atoms with E-state index in [9.17, 15) is 8.78 Å². The van der Waals surface area contributed by atoms with Crippen molar-refractivity contribution in [1.29, 1.82) is 0 Å². The van der Waals surface area contributed by atoms with Gasteiger partial charge in [-0.3, -0.25) is 0 Å². The predicted molar refractivity (Wildman–Crippen MR) is 75.5 cm³/mol. The SMILES string of the molecule is COc1c(F)cc(C(C)F)cc1CCN1CCNCC1. The van der Waals surface area contributed by atoms with E-state index < -0.39 is 12.0 Å². The molecule has 0 saturated carbocycles. The topological polar surface area (TPSA) is 24.5 Å². The number of methoxy groups -OCH3 is 1. The molecule has 1 aliphatic rings. The number of nitrogens with one attached hydrogen (secondary N) is 1. The van der Waals surface area contributed by atoms with Crippen molar-refractivity contribution in [2.75, 3.05) is 39.8 Å². The van der Waals surface area contributed by atoms with Crippen LogP contribution in [0.4, 0.5) is 8.78 Å². The maximum Gasteiger partial charge on any atom is 0.165 e. The molecule has 0 spiro atoms. The summed E-state index contributed by atoms with van der Waals surface area (Å²) < 4.78 is 32.4. The van der Waals surface area contributed by atoms with Gasteiger partial charge in [0, 0.05) is 32.7 Å². The number of nitrogens with zero attached hydrogens (tertiary/aromatic N) is 1. The van der Waals surface area contributed by atoms with E-state index in [-0.39, 0.29) is 5.75 Å². The van der Waals surface area contributed by atoms with Crippen molar-refractivity contribution < 1.29 is 13.5 Å². The van der Waals surface area contributed by atoms with Crippen molar-refractivity contribution in [1.82, 2.24) is 10.2 Å². The summed E-state index contributed by atoms with van der Waals surface area (Å²) in [6.45, 7) is 6.19. The normalized spacial score (nSPS) is 18.0. The van der Waals surface area contributed by atoms with Gasteiger partial charge in [-0.2, -0.15) is 0 Å². The molecule has 1 aliphatic heterocycles. The van der Waals surface area contributed by atoms with Gasteiger partial charge in [0.2, 0.25) is 0 Å². The summed E-state index contributed by atoms with van der Waals surface area (Å²) >= 11 is 0. The molecule has 1 saturated heterocycles. The molecule has 20 heavy (non-hydrogen) atoms. The highest BCUT2D eigenvalue weighted by Gasteiger charge is 2.16. The van der Waals surface area contributed by atoms with Crippen molar-refractivity contribution in [2.45, 2.75) is 19.5 Å². The van der Waals surface area contributed by atoms with E-state index in [1.165, 1.54) is 20.1 Å². The quantitative estimate of drug-likeness (QED) is 0.898. The molecule has 0 bridgehead atoms. The lowest BCUT2D eigenvalue weighted by atomic mass is 10.0. The van der Waals surface area contributed by atoms with E-state index in [4.69, 9.17) is 4.74 Å². The molecule has 0 radical (unpaired) electrons. The molecule has 1 unspecified atom stereocenters. The average Bonchev–Trinajstić information content (AvgIpc) is 2.45. The van der Waals surface area contributed by atoms with E-state index in [0.717, 1.165) is 38.3 Å². The van der Waals surface area contributed by atoms with E-state index in [1.807, 2.05) is 0 Å². The Morgan fingerprint density at radius 1 is 1.35 bits per heavy atom. The molecule has 1 aromatic rings. The standard InChI is InChI=1S/C15H22F2N2O/c1-11(16)13-9-12(15(20-2)14(17)10-13)3-6-19-7-4-18-5-8-19/h9-11,18H,3-8H2,1-2H3. The molecule has 112 valence electrons. The van der Waals surface area contributed by atoms with Crippen LogP contribution in [0.3, 0.4) is 0 Å². The fourth-order valence-electron chi connectivity index (χ4n) is 2.53. The third-order valence-corrected chi connectivity index (χ3v) is 3.71. The van der Waals surface area contributed by atoms with Crippen molar-refractivity contribution >= 4 is 0 Å². The van der Waals surface area contributed by atoms with Crippen LogP contribution in [-0.2, 0) is 6.42 Å². The van der Waals surface area contributed by atoms with Crippen molar-refractivity contribution in [2.24, 2.45) is 0 Å². The summed E-state index contributed by atoms with van der Waals surface area (Å²) in [6.07, 6.45) is -0.506. The van der Waals surface area contributed by atoms with Gasteiger partial charge in [0.05, 0.1) is 7.11 Å². The zero-order valence-electron chi connectivity index (χ0n) is 12.1. The number of hydrogen-bond donors (Lipinski definition) is 1. The molecule has 1 fully saturated rings. The molecule has 1 N–H and O–H groups in total. The van der Waals surface area contributed by atoms with Gasteiger partial charge in [0.15, 0.2) is 11.6 Å². The molecule has 5 heteroatoms. The largest absolute Gasteiger partial charge is 0.493 e. The molecule has 3 nitrogen and oxygen atoms in total. The lowest BCUT2D eigenvalue weighted by Gasteiger charge is -2.27. The number of ether oxygens (including phenoxy) is 1. The lowest BCUT2D eigenvalue weighted by Crippen LogP contribution is -2.44. The number of rotatable bonds is 5. The fraction of sp³-hybridized carbons (Fsp3) is 0.600. The van der Waals surface area contributed by atoms with Gasteiger partial charge in [-0.1, -0.05) is 0 Å². The third kappa shape index (κ3) is 3.67. The maximum absolute atomic E-state index is 13.9. The first-order valence-electron chi connectivity index (χ1n) is 7.05. The summed E-state index contributed by atoms with van der Waals surface area (Å²) in [7, 11) is 1.45.